The maximum Gasteiger partial charge on any atom is 0.389 e. The molecular weight excluding hydrogens is 219 g/mol. The molecule has 0 unspecified atom stereocenters. The summed E-state index contributed by atoms with van der Waals surface area (Å²) in [6.45, 7) is 0. The number of rotatable bonds is 3. The van der Waals surface area contributed by atoms with Crippen LogP contribution in [0.5, 0.6) is 0 Å². The van der Waals surface area contributed by atoms with Crippen LogP contribution in [0.3, 0.4) is 0 Å². The van der Waals surface area contributed by atoms with Crippen molar-refractivity contribution >= 4 is 5.82 Å². The third kappa shape index (κ3) is 3.08. The van der Waals surface area contributed by atoms with Crippen molar-refractivity contribution in [2.45, 2.75) is 37.8 Å². The van der Waals surface area contributed by atoms with Gasteiger partial charge in [0, 0.05) is 24.1 Å². The topological polar surface area (TPSA) is 51.8 Å². The molecule has 1 aliphatic carbocycles. The summed E-state index contributed by atoms with van der Waals surface area (Å²) in [7, 11) is 0. The first-order valence-corrected chi connectivity index (χ1v) is 5.14. The molecule has 6 heteroatoms. The second kappa shape index (κ2) is 3.92. The van der Waals surface area contributed by atoms with Crippen molar-refractivity contribution in [1.82, 2.24) is 9.97 Å². The Morgan fingerprint density at radius 2 is 2.00 bits per heavy atom. The van der Waals surface area contributed by atoms with Crippen LogP contribution in [0.25, 0.3) is 0 Å². The summed E-state index contributed by atoms with van der Waals surface area (Å²) in [5.41, 5.74) is 6.31. The summed E-state index contributed by atoms with van der Waals surface area (Å²) in [4.78, 5) is 7.92. The van der Waals surface area contributed by atoms with Gasteiger partial charge in [-0.25, -0.2) is 9.97 Å². The van der Waals surface area contributed by atoms with Crippen LogP contribution in [0.15, 0.2) is 6.07 Å². The largest absolute Gasteiger partial charge is 0.389 e. The predicted molar refractivity (Wildman–Crippen MR) is 52.8 cm³/mol. The zero-order valence-corrected chi connectivity index (χ0v) is 8.59. The highest BCUT2D eigenvalue weighted by molar-refractivity contribution is 5.32. The number of nitrogens with zero attached hydrogens (tertiary/aromatic N) is 2. The van der Waals surface area contributed by atoms with Gasteiger partial charge < -0.3 is 5.73 Å². The van der Waals surface area contributed by atoms with Crippen LogP contribution in [-0.2, 0) is 6.42 Å². The van der Waals surface area contributed by atoms with E-state index < -0.39 is 12.6 Å². The fourth-order valence-corrected chi connectivity index (χ4v) is 1.49. The number of nitrogen functional groups attached to an aromatic ring is 1. The third-order valence-electron chi connectivity index (χ3n) is 2.44. The van der Waals surface area contributed by atoms with E-state index in [1.807, 2.05) is 0 Å². The summed E-state index contributed by atoms with van der Waals surface area (Å²) in [6.07, 6.45) is -3.20. The van der Waals surface area contributed by atoms with E-state index in [1.165, 1.54) is 0 Å². The SMILES string of the molecule is Nc1cc(C2CC2)nc(CCC(F)(F)F)n1. The van der Waals surface area contributed by atoms with Crippen LogP contribution in [0.2, 0.25) is 0 Å². The van der Waals surface area contributed by atoms with Gasteiger partial charge >= 0.3 is 6.18 Å². The number of hydrogen-bond donors (Lipinski definition) is 1. The van der Waals surface area contributed by atoms with Crippen molar-refractivity contribution in [2.24, 2.45) is 0 Å². The lowest BCUT2D eigenvalue weighted by molar-refractivity contribution is -0.134. The zero-order chi connectivity index (χ0) is 11.8. The van der Waals surface area contributed by atoms with Gasteiger partial charge in [0.1, 0.15) is 11.6 Å². The molecule has 0 aliphatic heterocycles. The first-order chi connectivity index (χ1) is 7.44. The van der Waals surface area contributed by atoms with Crippen molar-refractivity contribution in [2.75, 3.05) is 5.73 Å². The molecule has 0 bridgehead atoms. The highest BCUT2D eigenvalue weighted by Crippen LogP contribution is 2.39. The van der Waals surface area contributed by atoms with Crippen LogP contribution in [0.1, 0.15) is 36.7 Å². The van der Waals surface area contributed by atoms with Gasteiger partial charge in [0.25, 0.3) is 0 Å². The van der Waals surface area contributed by atoms with Gasteiger partial charge in [-0.1, -0.05) is 0 Å². The summed E-state index contributed by atoms with van der Waals surface area (Å²) < 4.78 is 36.1. The summed E-state index contributed by atoms with van der Waals surface area (Å²) in [6, 6.07) is 1.65. The molecule has 16 heavy (non-hydrogen) atoms. The van der Waals surface area contributed by atoms with E-state index in [2.05, 4.69) is 9.97 Å². The molecule has 1 fully saturated rings. The Morgan fingerprint density at radius 1 is 1.31 bits per heavy atom. The minimum Gasteiger partial charge on any atom is -0.384 e. The maximum absolute atomic E-state index is 12.0. The molecule has 2 rings (SSSR count). The molecule has 1 aromatic heterocycles. The normalized spacial score (nSPS) is 16.4. The molecule has 3 nitrogen and oxygen atoms in total. The van der Waals surface area contributed by atoms with Crippen molar-refractivity contribution in [3.05, 3.63) is 17.6 Å². The molecule has 0 amide bonds. The van der Waals surface area contributed by atoms with E-state index in [4.69, 9.17) is 5.73 Å². The third-order valence-corrected chi connectivity index (χ3v) is 2.44. The predicted octanol–water partition coefficient (Wildman–Crippen LogP) is 2.43. The number of anilines is 1. The number of nitrogens with two attached hydrogens (primary N) is 1. The Balaban J connectivity index is 2.08. The average Bonchev–Trinajstić information content (AvgIpc) is 2.95. The van der Waals surface area contributed by atoms with Gasteiger partial charge in [-0.2, -0.15) is 13.2 Å². The Hall–Kier alpha value is -1.33. The second-order valence-electron chi connectivity index (χ2n) is 4.02. The molecule has 0 radical (unpaired) electrons. The Kier molecular flexibility index (Phi) is 2.73. The molecule has 0 atom stereocenters. The number of hydrogen-bond acceptors (Lipinski definition) is 3. The molecule has 1 aromatic rings. The molecule has 1 aliphatic rings. The molecule has 0 spiro atoms. The van der Waals surface area contributed by atoms with Gasteiger partial charge in [0.2, 0.25) is 0 Å². The fraction of sp³-hybridized carbons (Fsp3) is 0.600. The van der Waals surface area contributed by atoms with E-state index in [0.717, 1.165) is 18.5 Å². The van der Waals surface area contributed by atoms with Crippen molar-refractivity contribution in [1.29, 1.82) is 0 Å². The number of halogens is 3. The van der Waals surface area contributed by atoms with E-state index >= 15 is 0 Å². The van der Waals surface area contributed by atoms with Gasteiger partial charge in [-0.05, 0) is 12.8 Å². The molecular formula is C10H12F3N3. The molecule has 0 aromatic carbocycles. The van der Waals surface area contributed by atoms with Crippen LogP contribution < -0.4 is 5.73 Å². The first kappa shape index (κ1) is 11.2. The summed E-state index contributed by atoms with van der Waals surface area (Å²) in [5.74, 6) is 0.822. The Morgan fingerprint density at radius 3 is 2.56 bits per heavy atom. The smallest absolute Gasteiger partial charge is 0.384 e. The molecule has 2 N–H and O–H groups in total. The van der Waals surface area contributed by atoms with Crippen molar-refractivity contribution in [3.8, 4) is 0 Å². The Bertz CT molecular complexity index is 385. The quantitative estimate of drug-likeness (QED) is 0.869. The minimum atomic E-state index is -4.17. The van der Waals surface area contributed by atoms with E-state index in [9.17, 15) is 13.2 Å². The summed E-state index contributed by atoms with van der Waals surface area (Å²) in [5, 5.41) is 0. The molecule has 88 valence electrons. The number of aromatic nitrogens is 2. The van der Waals surface area contributed by atoms with E-state index in [1.54, 1.807) is 6.07 Å². The van der Waals surface area contributed by atoms with Gasteiger partial charge in [-0.3, -0.25) is 0 Å². The lowest BCUT2D eigenvalue weighted by Gasteiger charge is -2.07. The van der Waals surface area contributed by atoms with Crippen LogP contribution in [0.4, 0.5) is 19.0 Å². The van der Waals surface area contributed by atoms with E-state index in [0.29, 0.717) is 5.92 Å². The number of aryl methyl sites for hydroxylation is 1. The summed E-state index contributed by atoms with van der Waals surface area (Å²) >= 11 is 0. The van der Waals surface area contributed by atoms with Crippen molar-refractivity contribution in [3.63, 3.8) is 0 Å². The van der Waals surface area contributed by atoms with Crippen LogP contribution in [-0.4, -0.2) is 16.1 Å². The second-order valence-corrected chi connectivity index (χ2v) is 4.02. The lowest BCUT2D eigenvalue weighted by Crippen LogP contribution is -2.11. The average molecular weight is 231 g/mol. The fourth-order valence-electron chi connectivity index (χ4n) is 1.49. The monoisotopic (exact) mass is 231 g/mol. The maximum atomic E-state index is 12.0. The van der Waals surface area contributed by atoms with Gasteiger partial charge in [-0.15, -0.1) is 0 Å². The highest BCUT2D eigenvalue weighted by Gasteiger charge is 2.29. The number of alkyl halides is 3. The van der Waals surface area contributed by atoms with Crippen LogP contribution in [0, 0.1) is 0 Å². The van der Waals surface area contributed by atoms with E-state index in [-0.39, 0.29) is 18.1 Å². The highest BCUT2D eigenvalue weighted by atomic mass is 19.4. The molecule has 0 saturated heterocycles. The zero-order valence-electron chi connectivity index (χ0n) is 8.59. The minimum absolute atomic E-state index is 0.194. The lowest BCUT2D eigenvalue weighted by atomic mass is 10.2. The van der Waals surface area contributed by atoms with Crippen molar-refractivity contribution < 1.29 is 13.2 Å². The van der Waals surface area contributed by atoms with Gasteiger partial charge in [0.05, 0.1) is 6.42 Å². The van der Waals surface area contributed by atoms with Gasteiger partial charge in [0.15, 0.2) is 0 Å². The Labute approximate surface area is 90.9 Å². The van der Waals surface area contributed by atoms with Crippen LogP contribution >= 0.6 is 0 Å². The molecule has 1 heterocycles. The molecule has 1 saturated carbocycles. The standard InChI is InChI=1S/C10H12F3N3/c11-10(12,13)4-3-9-15-7(6-1-2-6)5-8(14)16-9/h5-6H,1-4H2,(H2,14,15,16). The first-order valence-electron chi connectivity index (χ1n) is 5.14.